The van der Waals surface area contributed by atoms with Crippen molar-refractivity contribution < 1.29 is 9.68 Å². The predicted octanol–water partition coefficient (Wildman–Crippen LogP) is 3.18. The highest BCUT2D eigenvalue weighted by molar-refractivity contribution is 5.83. The normalized spacial score (nSPS) is 18.8. The summed E-state index contributed by atoms with van der Waals surface area (Å²) < 4.78 is 0. The summed E-state index contributed by atoms with van der Waals surface area (Å²) in [5.41, 5.74) is 7.74. The van der Waals surface area contributed by atoms with E-state index in [0.717, 1.165) is 37.3 Å². The van der Waals surface area contributed by atoms with E-state index in [1.165, 1.54) is 27.6 Å². The lowest BCUT2D eigenvalue weighted by Gasteiger charge is -2.27. The molecule has 0 saturated carbocycles. The Morgan fingerprint density at radius 1 is 1.08 bits per heavy atom. The summed E-state index contributed by atoms with van der Waals surface area (Å²) in [7, 11) is 0. The highest BCUT2D eigenvalue weighted by Crippen LogP contribution is 2.38. The Labute approximate surface area is 139 Å². The lowest BCUT2D eigenvalue weighted by atomic mass is 9.90. The van der Waals surface area contributed by atoms with Crippen molar-refractivity contribution in [2.24, 2.45) is 0 Å². The monoisotopic (exact) mass is 321 g/mol. The Balaban J connectivity index is 1.41. The summed E-state index contributed by atoms with van der Waals surface area (Å²) in [6.45, 7) is 0.999. The van der Waals surface area contributed by atoms with Crippen LogP contribution < -0.4 is 20.6 Å². The van der Waals surface area contributed by atoms with Crippen molar-refractivity contribution in [3.63, 3.8) is 0 Å². The van der Waals surface area contributed by atoms with Crippen LogP contribution in [-0.4, -0.2) is 11.5 Å². The zero-order valence-corrected chi connectivity index (χ0v) is 13.3. The van der Waals surface area contributed by atoms with Gasteiger partial charge in [0, 0.05) is 28.8 Å². The maximum Gasteiger partial charge on any atom is 0.196 e. The van der Waals surface area contributed by atoms with Gasteiger partial charge in [-0.25, -0.2) is 0 Å². The summed E-state index contributed by atoms with van der Waals surface area (Å²) in [5.74, 6) is 1.56. The van der Waals surface area contributed by atoms with Crippen LogP contribution in [0, 0.1) is 0 Å². The number of nitrogens with one attached hydrogen (secondary N) is 3. The number of rotatable bonds is 3. The molecule has 5 heteroatoms. The molecule has 2 aliphatic heterocycles. The third-order valence-electron chi connectivity index (χ3n) is 5.05. The molecule has 3 aromatic rings. The molecule has 5 rings (SSSR count). The molecule has 0 radical (unpaired) electrons. The van der Waals surface area contributed by atoms with E-state index < -0.39 is 0 Å². The van der Waals surface area contributed by atoms with E-state index in [1.54, 1.807) is 0 Å². The van der Waals surface area contributed by atoms with Crippen LogP contribution in [0.5, 0.6) is 11.5 Å². The maximum absolute atomic E-state index is 5.32. The smallest absolute Gasteiger partial charge is 0.196 e. The van der Waals surface area contributed by atoms with Crippen molar-refractivity contribution in [3.05, 3.63) is 59.3 Å². The van der Waals surface area contributed by atoms with Crippen LogP contribution in [0.25, 0.3) is 10.9 Å². The molecule has 3 heterocycles. The van der Waals surface area contributed by atoms with Crippen LogP contribution in [0.1, 0.15) is 29.2 Å². The van der Waals surface area contributed by atoms with Gasteiger partial charge >= 0.3 is 0 Å². The van der Waals surface area contributed by atoms with Crippen LogP contribution in [0.3, 0.4) is 0 Å². The second-order valence-electron chi connectivity index (χ2n) is 6.44. The second-order valence-corrected chi connectivity index (χ2v) is 6.44. The molecule has 24 heavy (non-hydrogen) atoms. The fraction of sp³-hybridized carbons (Fsp3) is 0.263. The van der Waals surface area contributed by atoms with Crippen molar-refractivity contribution in [1.29, 1.82) is 0 Å². The molecule has 1 aromatic heterocycles. The van der Waals surface area contributed by atoms with E-state index in [2.05, 4.69) is 58.5 Å². The van der Waals surface area contributed by atoms with Crippen molar-refractivity contribution in [2.45, 2.75) is 25.3 Å². The average molecular weight is 321 g/mol. The molecule has 1 atom stereocenters. The third-order valence-corrected chi connectivity index (χ3v) is 5.05. The summed E-state index contributed by atoms with van der Waals surface area (Å²) >= 11 is 0. The molecule has 122 valence electrons. The van der Waals surface area contributed by atoms with Crippen LogP contribution in [0.15, 0.2) is 42.6 Å². The number of fused-ring (bicyclic) bond motifs is 3. The van der Waals surface area contributed by atoms with Gasteiger partial charge in [0.25, 0.3) is 0 Å². The van der Waals surface area contributed by atoms with Gasteiger partial charge in [-0.05, 0) is 60.7 Å². The highest BCUT2D eigenvalue weighted by atomic mass is 16.9. The molecule has 0 unspecified atom stereocenters. The van der Waals surface area contributed by atoms with E-state index in [9.17, 15) is 0 Å². The number of para-hydroxylation sites is 1. The topological polar surface area (TPSA) is 58.3 Å². The number of hydrogen-bond acceptors (Lipinski definition) is 4. The molecule has 2 aromatic carbocycles. The minimum absolute atomic E-state index is 0.344. The van der Waals surface area contributed by atoms with E-state index in [1.807, 2.05) is 0 Å². The summed E-state index contributed by atoms with van der Waals surface area (Å²) in [6.07, 6.45) is 5.25. The molecule has 3 N–H and O–H groups in total. The van der Waals surface area contributed by atoms with Crippen LogP contribution in [0.2, 0.25) is 0 Å². The van der Waals surface area contributed by atoms with Crippen molar-refractivity contribution in [1.82, 2.24) is 15.9 Å². The first-order chi connectivity index (χ1) is 11.9. The fourth-order valence-electron chi connectivity index (χ4n) is 3.82. The van der Waals surface area contributed by atoms with Gasteiger partial charge in [0.05, 0.1) is 0 Å². The average Bonchev–Trinajstić information content (AvgIpc) is 3.24. The molecule has 0 amide bonds. The Bertz CT molecular complexity index is 903. The second kappa shape index (κ2) is 5.54. The van der Waals surface area contributed by atoms with Crippen LogP contribution >= 0.6 is 0 Å². The standard InChI is InChI=1S/C19H19N3O2/c1-2-4-16-14(3-1)13(11-21-16)5-6-17-15-10-19-18(23-22-24-19)9-12(15)7-8-20-17/h1-4,9-11,17,20-22H,5-8H2/t17-/m0/s1. The summed E-state index contributed by atoms with van der Waals surface area (Å²) in [4.78, 5) is 13.9. The molecule has 0 spiro atoms. The van der Waals surface area contributed by atoms with Crippen LogP contribution in [0.4, 0.5) is 0 Å². The predicted molar refractivity (Wildman–Crippen MR) is 91.9 cm³/mol. The van der Waals surface area contributed by atoms with Gasteiger partial charge in [-0.2, -0.15) is 0 Å². The Morgan fingerprint density at radius 3 is 2.92 bits per heavy atom. The number of benzene rings is 2. The van der Waals surface area contributed by atoms with Crippen LogP contribution in [-0.2, 0) is 12.8 Å². The molecular formula is C19H19N3O2. The number of aryl methyl sites for hydroxylation is 1. The van der Waals surface area contributed by atoms with Crippen molar-refractivity contribution in [3.8, 4) is 11.5 Å². The maximum atomic E-state index is 5.32. The van der Waals surface area contributed by atoms with Gasteiger partial charge in [0.15, 0.2) is 11.5 Å². The first-order valence-electron chi connectivity index (χ1n) is 8.42. The third kappa shape index (κ3) is 2.25. The Morgan fingerprint density at radius 2 is 1.96 bits per heavy atom. The number of aromatic amines is 1. The minimum Gasteiger partial charge on any atom is -0.370 e. The van der Waals surface area contributed by atoms with Gasteiger partial charge in [0.1, 0.15) is 0 Å². The van der Waals surface area contributed by atoms with Gasteiger partial charge in [-0.3, -0.25) is 0 Å². The van der Waals surface area contributed by atoms with Gasteiger partial charge < -0.3 is 20.0 Å². The molecule has 5 nitrogen and oxygen atoms in total. The lowest BCUT2D eigenvalue weighted by molar-refractivity contribution is 0.0259. The van der Waals surface area contributed by atoms with E-state index in [-0.39, 0.29) is 0 Å². The number of aromatic nitrogens is 1. The zero-order valence-electron chi connectivity index (χ0n) is 13.3. The van der Waals surface area contributed by atoms with E-state index in [0.29, 0.717) is 6.04 Å². The highest BCUT2D eigenvalue weighted by Gasteiger charge is 2.25. The molecule has 0 fully saturated rings. The first kappa shape index (κ1) is 13.9. The quantitative estimate of drug-likeness (QED) is 0.693. The van der Waals surface area contributed by atoms with E-state index >= 15 is 0 Å². The number of hydrogen-bond donors (Lipinski definition) is 3. The summed E-state index contributed by atoms with van der Waals surface area (Å²) in [5, 5.41) is 4.97. The van der Waals surface area contributed by atoms with Crippen molar-refractivity contribution >= 4 is 10.9 Å². The SMILES string of the molecule is c1ccc2c(CC[C@@H]3NCCc4cc5c(cc43)ONO5)c[nH]c2c1. The summed E-state index contributed by atoms with van der Waals surface area (Å²) in [6, 6.07) is 13.0. The van der Waals surface area contributed by atoms with E-state index in [4.69, 9.17) is 9.68 Å². The molecule has 0 bridgehead atoms. The molecule has 0 saturated heterocycles. The van der Waals surface area contributed by atoms with Crippen molar-refractivity contribution in [2.75, 3.05) is 6.54 Å². The Kier molecular flexibility index (Phi) is 3.21. The molecule has 2 aliphatic rings. The van der Waals surface area contributed by atoms with Gasteiger partial charge in [-0.15, -0.1) is 0 Å². The zero-order chi connectivity index (χ0) is 15.9. The van der Waals surface area contributed by atoms with Gasteiger partial charge in [0.2, 0.25) is 0 Å². The fourth-order valence-corrected chi connectivity index (χ4v) is 3.82. The lowest BCUT2D eigenvalue weighted by Crippen LogP contribution is -2.30. The Hall–Kier alpha value is -2.50. The number of H-pyrrole nitrogens is 1. The molecule has 0 aliphatic carbocycles. The first-order valence-corrected chi connectivity index (χ1v) is 8.42. The largest absolute Gasteiger partial charge is 0.370 e. The van der Waals surface area contributed by atoms with Gasteiger partial charge in [-0.1, -0.05) is 18.2 Å². The minimum atomic E-state index is 0.344. The molecular weight excluding hydrogens is 302 g/mol.